The number of nitrogens with one attached hydrogen (secondary N) is 1. The van der Waals surface area contributed by atoms with Crippen LogP contribution in [0.15, 0.2) is 41.1 Å². The van der Waals surface area contributed by atoms with Gasteiger partial charge in [-0.05, 0) is 75.3 Å². The first-order valence-electron chi connectivity index (χ1n) is 11.3. The van der Waals surface area contributed by atoms with Crippen molar-refractivity contribution in [2.75, 3.05) is 0 Å². The van der Waals surface area contributed by atoms with Gasteiger partial charge in [-0.1, -0.05) is 22.9 Å². The molecule has 0 spiro atoms. The highest BCUT2D eigenvalue weighted by Gasteiger charge is 2.52. The van der Waals surface area contributed by atoms with E-state index in [4.69, 9.17) is 4.42 Å². The molecule has 2 aromatic heterocycles. The minimum Gasteiger partial charge on any atom is -0.444 e. The molecule has 0 radical (unpaired) electrons. The lowest BCUT2D eigenvalue weighted by Gasteiger charge is -2.56. The van der Waals surface area contributed by atoms with Crippen LogP contribution in [0.4, 0.5) is 0 Å². The minimum atomic E-state index is -0.272. The zero-order chi connectivity index (χ0) is 21.0. The molecule has 7 heteroatoms. The number of carbonyl (C=O) groups is 1. The van der Waals surface area contributed by atoms with E-state index in [0.717, 1.165) is 34.6 Å². The number of benzene rings is 1. The number of rotatable bonds is 5. The fraction of sp³-hybridized carbons (Fsp3) is 0.500. The molecule has 0 atom stereocenters. The third-order valence-electron chi connectivity index (χ3n) is 7.50. The van der Waals surface area contributed by atoms with Gasteiger partial charge < -0.3 is 9.73 Å². The molecule has 1 amide bonds. The van der Waals surface area contributed by atoms with Gasteiger partial charge in [-0.2, -0.15) is 0 Å². The summed E-state index contributed by atoms with van der Waals surface area (Å²) >= 11 is 0. The average Bonchev–Trinajstić information content (AvgIpc) is 3.42. The predicted octanol–water partition coefficient (Wildman–Crippen LogP) is 4.10. The van der Waals surface area contributed by atoms with Crippen LogP contribution in [-0.4, -0.2) is 25.9 Å². The number of amides is 1. The van der Waals surface area contributed by atoms with Crippen molar-refractivity contribution in [2.24, 2.45) is 17.8 Å². The lowest BCUT2D eigenvalue weighted by molar-refractivity contribution is -0.0502. The van der Waals surface area contributed by atoms with E-state index in [1.807, 2.05) is 37.4 Å². The topological polar surface area (TPSA) is 85.8 Å². The Kier molecular flexibility index (Phi) is 4.26. The number of hydrogen-bond acceptors (Lipinski definition) is 5. The van der Waals surface area contributed by atoms with E-state index in [1.54, 1.807) is 0 Å². The smallest absolute Gasteiger partial charge is 0.273 e. The van der Waals surface area contributed by atoms with Gasteiger partial charge in [0.15, 0.2) is 5.69 Å². The monoisotopic (exact) mass is 417 g/mol. The van der Waals surface area contributed by atoms with Crippen molar-refractivity contribution in [3.8, 4) is 11.5 Å². The second kappa shape index (κ2) is 7.04. The van der Waals surface area contributed by atoms with E-state index in [2.05, 4.69) is 25.3 Å². The quantitative estimate of drug-likeness (QED) is 0.676. The van der Waals surface area contributed by atoms with Crippen LogP contribution in [0.1, 0.15) is 60.3 Å². The molecule has 0 unspecified atom stereocenters. The molecular weight excluding hydrogens is 390 g/mol. The zero-order valence-electron chi connectivity index (χ0n) is 17.8. The summed E-state index contributed by atoms with van der Waals surface area (Å²) in [4.78, 5) is 16.9. The molecule has 3 aromatic rings. The molecule has 4 aliphatic carbocycles. The Morgan fingerprint density at radius 1 is 1.13 bits per heavy atom. The summed E-state index contributed by atoms with van der Waals surface area (Å²) in [6.45, 7) is 2.36. The van der Waals surface area contributed by atoms with Crippen molar-refractivity contribution in [3.63, 3.8) is 0 Å². The molecule has 7 rings (SSSR count). The molecular formula is C24H27N5O2. The van der Waals surface area contributed by atoms with E-state index >= 15 is 0 Å². The van der Waals surface area contributed by atoms with Gasteiger partial charge in [-0.3, -0.25) is 4.79 Å². The average molecular weight is 418 g/mol. The number of nitrogens with zero attached hydrogens (tertiary/aromatic N) is 4. The Morgan fingerprint density at radius 3 is 2.48 bits per heavy atom. The second-order valence-electron chi connectivity index (χ2n) is 9.88. The Hall–Kier alpha value is -2.96. The summed E-state index contributed by atoms with van der Waals surface area (Å²) in [5.74, 6) is 2.74. The number of aryl methyl sites for hydroxylation is 1. The SMILES string of the molecule is Cc1ccc(-c2nc(C(=O)NCc3cn(C45CC6CC(CC(C6)C4)C5)nn3)co2)cc1. The van der Waals surface area contributed by atoms with Crippen LogP contribution in [0, 0.1) is 24.7 Å². The number of oxazole rings is 1. The van der Waals surface area contributed by atoms with Crippen molar-refractivity contribution in [3.05, 3.63) is 53.7 Å². The first-order chi connectivity index (χ1) is 15.1. The van der Waals surface area contributed by atoms with Gasteiger partial charge in [-0.15, -0.1) is 5.10 Å². The van der Waals surface area contributed by atoms with Crippen LogP contribution in [0.5, 0.6) is 0 Å². The van der Waals surface area contributed by atoms with Crippen LogP contribution >= 0.6 is 0 Å². The van der Waals surface area contributed by atoms with Gasteiger partial charge in [0.05, 0.1) is 18.3 Å². The molecule has 160 valence electrons. The maximum atomic E-state index is 12.6. The fourth-order valence-electron chi connectivity index (χ4n) is 6.42. The van der Waals surface area contributed by atoms with Gasteiger partial charge >= 0.3 is 0 Å². The van der Waals surface area contributed by atoms with Gasteiger partial charge in [0.25, 0.3) is 5.91 Å². The van der Waals surface area contributed by atoms with Crippen LogP contribution < -0.4 is 5.32 Å². The third kappa shape index (κ3) is 3.36. The molecule has 31 heavy (non-hydrogen) atoms. The van der Waals surface area contributed by atoms with Gasteiger partial charge in [-0.25, -0.2) is 9.67 Å². The van der Waals surface area contributed by atoms with Crippen molar-refractivity contribution in [1.29, 1.82) is 0 Å². The van der Waals surface area contributed by atoms with Crippen molar-refractivity contribution in [2.45, 2.75) is 57.5 Å². The predicted molar refractivity (Wildman–Crippen MR) is 114 cm³/mol. The second-order valence-corrected chi connectivity index (χ2v) is 9.88. The highest BCUT2D eigenvalue weighted by atomic mass is 16.3. The van der Waals surface area contributed by atoms with Crippen molar-refractivity contribution >= 4 is 5.91 Å². The van der Waals surface area contributed by atoms with Crippen LogP contribution in [0.25, 0.3) is 11.5 Å². The Balaban J connectivity index is 1.12. The first kappa shape index (κ1) is 18.8. The van der Waals surface area contributed by atoms with Gasteiger partial charge in [0, 0.05) is 5.56 Å². The molecule has 1 aromatic carbocycles. The Bertz CT molecular complexity index is 1080. The molecule has 2 heterocycles. The summed E-state index contributed by atoms with van der Waals surface area (Å²) in [5.41, 5.74) is 3.22. The summed E-state index contributed by atoms with van der Waals surface area (Å²) < 4.78 is 7.62. The van der Waals surface area contributed by atoms with Crippen molar-refractivity contribution < 1.29 is 9.21 Å². The van der Waals surface area contributed by atoms with Crippen LogP contribution in [0.2, 0.25) is 0 Å². The number of aromatic nitrogens is 4. The van der Waals surface area contributed by atoms with E-state index in [-0.39, 0.29) is 17.1 Å². The molecule has 4 saturated carbocycles. The van der Waals surface area contributed by atoms with Gasteiger partial charge in [0.2, 0.25) is 5.89 Å². The normalized spacial score (nSPS) is 28.7. The van der Waals surface area contributed by atoms with E-state index in [9.17, 15) is 4.79 Å². The van der Waals surface area contributed by atoms with E-state index < -0.39 is 0 Å². The Labute approximate surface area is 181 Å². The maximum absolute atomic E-state index is 12.6. The zero-order valence-corrected chi connectivity index (χ0v) is 17.8. The Morgan fingerprint density at radius 2 is 1.81 bits per heavy atom. The highest BCUT2D eigenvalue weighted by molar-refractivity contribution is 5.92. The number of hydrogen-bond donors (Lipinski definition) is 1. The molecule has 4 bridgehead atoms. The minimum absolute atomic E-state index is 0.152. The lowest BCUT2D eigenvalue weighted by atomic mass is 9.53. The molecule has 1 N–H and O–H groups in total. The third-order valence-corrected chi connectivity index (χ3v) is 7.50. The maximum Gasteiger partial charge on any atom is 0.273 e. The largest absolute Gasteiger partial charge is 0.444 e. The van der Waals surface area contributed by atoms with Crippen LogP contribution in [-0.2, 0) is 12.1 Å². The number of carbonyl (C=O) groups excluding carboxylic acids is 1. The fourth-order valence-corrected chi connectivity index (χ4v) is 6.42. The van der Waals surface area contributed by atoms with Crippen molar-refractivity contribution in [1.82, 2.24) is 25.3 Å². The molecule has 4 fully saturated rings. The van der Waals surface area contributed by atoms with Gasteiger partial charge in [0.1, 0.15) is 12.0 Å². The summed E-state index contributed by atoms with van der Waals surface area (Å²) in [5, 5.41) is 11.7. The van der Waals surface area contributed by atoms with E-state index in [0.29, 0.717) is 12.4 Å². The van der Waals surface area contributed by atoms with E-state index in [1.165, 1.54) is 44.8 Å². The summed E-state index contributed by atoms with van der Waals surface area (Å²) in [7, 11) is 0. The molecule has 7 nitrogen and oxygen atoms in total. The molecule has 0 saturated heterocycles. The summed E-state index contributed by atoms with van der Waals surface area (Å²) in [6, 6.07) is 7.86. The molecule has 4 aliphatic rings. The highest BCUT2D eigenvalue weighted by Crippen LogP contribution is 2.58. The molecule has 0 aliphatic heterocycles. The first-order valence-corrected chi connectivity index (χ1v) is 11.3. The summed E-state index contributed by atoms with van der Waals surface area (Å²) in [6.07, 6.45) is 11.3. The standard InChI is InChI=1S/C24H27N5O2/c1-15-2-4-19(5-3-15)23-26-21(14-31-23)22(30)25-12-20-13-29(28-27-20)24-9-16-6-17(10-24)8-18(7-16)11-24/h2-5,13-14,16-18H,6-12H2,1H3,(H,25,30). The van der Waals surface area contributed by atoms with Crippen LogP contribution in [0.3, 0.4) is 0 Å². The lowest BCUT2D eigenvalue weighted by Crippen LogP contribution is -2.52.